The average Bonchev–Trinajstić information content (AvgIpc) is 2.91. The Labute approximate surface area is 118 Å². The highest BCUT2D eigenvalue weighted by molar-refractivity contribution is 7.89. The van der Waals surface area contributed by atoms with Crippen LogP contribution in [0.2, 0.25) is 0 Å². The Kier molecular flexibility index (Phi) is 5.26. The molecule has 0 bridgehead atoms. The summed E-state index contributed by atoms with van der Waals surface area (Å²) in [4.78, 5) is 0. The maximum atomic E-state index is 12.6. The van der Waals surface area contributed by atoms with Crippen LogP contribution in [-0.4, -0.2) is 43.6 Å². The lowest BCUT2D eigenvalue weighted by Crippen LogP contribution is -2.51. The molecule has 0 aromatic rings. The van der Waals surface area contributed by atoms with Gasteiger partial charge in [0.05, 0.1) is 5.25 Å². The van der Waals surface area contributed by atoms with Gasteiger partial charge in [0.15, 0.2) is 0 Å². The van der Waals surface area contributed by atoms with Gasteiger partial charge >= 0.3 is 0 Å². The Morgan fingerprint density at radius 1 is 1.21 bits per heavy atom. The molecule has 5 heteroatoms. The van der Waals surface area contributed by atoms with Crippen molar-refractivity contribution in [2.24, 2.45) is 5.92 Å². The Morgan fingerprint density at radius 2 is 1.89 bits per heavy atom. The number of piperidine rings is 1. The minimum Gasteiger partial charge on any atom is -0.314 e. The minimum atomic E-state index is -3.03. The van der Waals surface area contributed by atoms with Gasteiger partial charge in [-0.25, -0.2) is 12.7 Å². The van der Waals surface area contributed by atoms with Gasteiger partial charge in [0.25, 0.3) is 0 Å². The predicted molar refractivity (Wildman–Crippen MR) is 78.6 cm³/mol. The summed E-state index contributed by atoms with van der Waals surface area (Å²) in [6.07, 6.45) is 5.97. The highest BCUT2D eigenvalue weighted by Gasteiger charge is 2.38. The van der Waals surface area contributed by atoms with E-state index in [1.807, 2.05) is 0 Å². The Bertz CT molecular complexity index is 377. The zero-order valence-electron chi connectivity index (χ0n) is 12.3. The molecule has 19 heavy (non-hydrogen) atoms. The molecule has 1 aliphatic carbocycles. The van der Waals surface area contributed by atoms with Crippen LogP contribution in [0.4, 0.5) is 0 Å². The fourth-order valence-corrected chi connectivity index (χ4v) is 5.52. The quantitative estimate of drug-likeness (QED) is 0.841. The molecule has 2 atom stereocenters. The zero-order valence-corrected chi connectivity index (χ0v) is 13.1. The lowest BCUT2D eigenvalue weighted by Gasteiger charge is -2.37. The summed E-state index contributed by atoms with van der Waals surface area (Å²) in [7, 11) is -3.03. The smallest absolute Gasteiger partial charge is 0.216 e. The predicted octanol–water partition coefficient (Wildman–Crippen LogP) is 1.97. The molecule has 2 rings (SSSR count). The molecule has 2 aliphatic rings. The minimum absolute atomic E-state index is 0.0974. The van der Waals surface area contributed by atoms with Crippen molar-refractivity contribution in [1.29, 1.82) is 0 Å². The van der Waals surface area contributed by atoms with Crippen molar-refractivity contribution in [3.05, 3.63) is 0 Å². The first-order valence-electron chi connectivity index (χ1n) is 7.78. The summed E-state index contributed by atoms with van der Waals surface area (Å²) < 4.78 is 26.9. The molecule has 0 amide bonds. The van der Waals surface area contributed by atoms with E-state index in [0.717, 1.165) is 45.1 Å². The van der Waals surface area contributed by atoms with Gasteiger partial charge in [-0.05, 0) is 38.1 Å². The second-order valence-corrected chi connectivity index (χ2v) is 8.35. The number of hydrogen-bond donors (Lipinski definition) is 1. The van der Waals surface area contributed by atoms with Crippen LogP contribution in [0, 0.1) is 5.92 Å². The molecular formula is C14H28N2O2S. The zero-order chi connectivity index (χ0) is 13.9. The number of nitrogens with one attached hydrogen (secondary N) is 1. The van der Waals surface area contributed by atoms with Crippen molar-refractivity contribution >= 4 is 10.0 Å². The van der Waals surface area contributed by atoms with Crippen LogP contribution in [0.5, 0.6) is 0 Å². The van der Waals surface area contributed by atoms with Crippen molar-refractivity contribution in [1.82, 2.24) is 9.62 Å². The topological polar surface area (TPSA) is 49.4 Å². The SMILES string of the molecule is CCCNC1CCN(S(=O)(=O)C2CCCC2)CC1C. The monoisotopic (exact) mass is 288 g/mol. The third kappa shape index (κ3) is 3.50. The lowest BCUT2D eigenvalue weighted by atomic mass is 9.95. The number of nitrogens with zero attached hydrogens (tertiary/aromatic N) is 1. The molecule has 1 saturated carbocycles. The van der Waals surface area contributed by atoms with Gasteiger partial charge in [0, 0.05) is 19.1 Å². The molecule has 0 radical (unpaired) electrons. The van der Waals surface area contributed by atoms with E-state index in [4.69, 9.17) is 0 Å². The van der Waals surface area contributed by atoms with Gasteiger partial charge < -0.3 is 5.32 Å². The summed E-state index contributed by atoms with van der Waals surface area (Å²) in [5.74, 6) is 0.413. The first-order valence-corrected chi connectivity index (χ1v) is 9.28. The second kappa shape index (κ2) is 6.55. The van der Waals surface area contributed by atoms with E-state index in [1.165, 1.54) is 0 Å². The van der Waals surface area contributed by atoms with Crippen molar-refractivity contribution in [2.45, 2.75) is 63.7 Å². The van der Waals surface area contributed by atoms with Gasteiger partial charge in [0.1, 0.15) is 0 Å². The molecular weight excluding hydrogens is 260 g/mol. The summed E-state index contributed by atoms with van der Waals surface area (Å²) in [5, 5.41) is 3.44. The van der Waals surface area contributed by atoms with Gasteiger partial charge in [-0.3, -0.25) is 0 Å². The van der Waals surface area contributed by atoms with Gasteiger partial charge in [-0.15, -0.1) is 0 Å². The van der Waals surface area contributed by atoms with Crippen molar-refractivity contribution in [2.75, 3.05) is 19.6 Å². The molecule has 2 fully saturated rings. The van der Waals surface area contributed by atoms with E-state index in [0.29, 0.717) is 25.0 Å². The number of hydrogen-bond acceptors (Lipinski definition) is 3. The fraction of sp³-hybridized carbons (Fsp3) is 1.00. The maximum absolute atomic E-state index is 12.6. The molecule has 0 spiro atoms. The van der Waals surface area contributed by atoms with E-state index >= 15 is 0 Å². The summed E-state index contributed by atoms with van der Waals surface area (Å²) in [6.45, 7) is 6.76. The maximum Gasteiger partial charge on any atom is 0.216 e. The summed E-state index contributed by atoms with van der Waals surface area (Å²) in [6, 6.07) is 0.481. The first-order chi connectivity index (χ1) is 9.05. The molecule has 1 N–H and O–H groups in total. The largest absolute Gasteiger partial charge is 0.314 e. The van der Waals surface area contributed by atoms with Gasteiger partial charge in [-0.2, -0.15) is 0 Å². The molecule has 0 aromatic heterocycles. The molecule has 0 aromatic carbocycles. The van der Waals surface area contributed by atoms with Gasteiger partial charge in [0.2, 0.25) is 10.0 Å². The Hall–Kier alpha value is -0.130. The van der Waals surface area contributed by atoms with Crippen LogP contribution >= 0.6 is 0 Å². The molecule has 1 saturated heterocycles. The first kappa shape index (κ1) is 15.3. The number of rotatable bonds is 5. The normalized spacial score (nSPS) is 30.8. The molecule has 2 unspecified atom stereocenters. The summed E-state index contributed by atoms with van der Waals surface area (Å²) in [5.41, 5.74) is 0. The Morgan fingerprint density at radius 3 is 2.47 bits per heavy atom. The van der Waals surface area contributed by atoms with Crippen LogP contribution in [0.25, 0.3) is 0 Å². The number of sulfonamides is 1. The van der Waals surface area contributed by atoms with E-state index in [9.17, 15) is 8.42 Å². The van der Waals surface area contributed by atoms with Crippen molar-refractivity contribution in [3.63, 3.8) is 0 Å². The molecule has 1 aliphatic heterocycles. The Balaban J connectivity index is 1.93. The molecule has 112 valence electrons. The van der Waals surface area contributed by atoms with Crippen LogP contribution in [-0.2, 0) is 10.0 Å². The van der Waals surface area contributed by atoms with E-state index < -0.39 is 10.0 Å². The average molecular weight is 288 g/mol. The highest BCUT2D eigenvalue weighted by Crippen LogP contribution is 2.29. The third-order valence-corrected chi connectivity index (χ3v) is 6.97. The van der Waals surface area contributed by atoms with E-state index in [2.05, 4.69) is 19.2 Å². The van der Waals surface area contributed by atoms with Crippen LogP contribution in [0.1, 0.15) is 52.4 Å². The standard InChI is InChI=1S/C14H28N2O2S/c1-3-9-15-14-8-10-16(11-12(14)2)19(17,18)13-6-4-5-7-13/h12-15H,3-11H2,1-2H3. The lowest BCUT2D eigenvalue weighted by molar-refractivity contribution is 0.219. The van der Waals surface area contributed by atoms with Gasteiger partial charge in [-0.1, -0.05) is 26.7 Å². The van der Waals surface area contributed by atoms with E-state index in [1.54, 1.807) is 4.31 Å². The van der Waals surface area contributed by atoms with Crippen molar-refractivity contribution in [3.8, 4) is 0 Å². The van der Waals surface area contributed by atoms with Crippen molar-refractivity contribution < 1.29 is 8.42 Å². The van der Waals surface area contributed by atoms with Crippen LogP contribution in [0.15, 0.2) is 0 Å². The second-order valence-electron chi connectivity index (χ2n) is 6.14. The highest BCUT2D eigenvalue weighted by atomic mass is 32.2. The molecule has 1 heterocycles. The third-order valence-electron chi connectivity index (χ3n) is 4.61. The summed E-state index contributed by atoms with van der Waals surface area (Å²) >= 11 is 0. The van der Waals surface area contributed by atoms with Crippen LogP contribution < -0.4 is 5.32 Å². The van der Waals surface area contributed by atoms with E-state index in [-0.39, 0.29) is 5.25 Å². The fourth-order valence-electron chi connectivity index (χ4n) is 3.37. The molecule has 4 nitrogen and oxygen atoms in total. The van der Waals surface area contributed by atoms with Crippen LogP contribution in [0.3, 0.4) is 0 Å².